The zero-order valence-electron chi connectivity index (χ0n) is 13.7. The molecule has 2 N–H and O–H groups in total. The number of thiophene rings is 1. The van der Waals surface area contributed by atoms with Gasteiger partial charge in [0.05, 0.1) is 20.6 Å². The van der Waals surface area contributed by atoms with E-state index in [4.69, 9.17) is 0 Å². The number of carbonyl (C=O) groups is 1. The molecule has 3 aromatic rings. The molecule has 26 heavy (non-hydrogen) atoms. The van der Waals surface area contributed by atoms with Gasteiger partial charge in [-0.05, 0) is 45.8 Å². The van der Waals surface area contributed by atoms with Crippen molar-refractivity contribution >= 4 is 54.6 Å². The van der Waals surface area contributed by atoms with Crippen LogP contribution in [-0.2, 0) is 10.0 Å². The molecule has 2 aromatic carbocycles. The highest BCUT2D eigenvalue weighted by Gasteiger charge is 2.15. The highest BCUT2D eigenvalue weighted by atomic mass is 79.9. The molecule has 0 saturated carbocycles. The van der Waals surface area contributed by atoms with Crippen LogP contribution >= 0.6 is 27.3 Å². The van der Waals surface area contributed by atoms with Crippen LogP contribution in [0.1, 0.15) is 9.67 Å². The van der Waals surface area contributed by atoms with E-state index in [-0.39, 0.29) is 5.91 Å². The van der Waals surface area contributed by atoms with Crippen molar-refractivity contribution in [2.45, 2.75) is 0 Å². The minimum atomic E-state index is -3.37. The first-order valence-electron chi connectivity index (χ1n) is 7.56. The van der Waals surface area contributed by atoms with Crippen molar-refractivity contribution < 1.29 is 13.2 Å². The molecule has 0 aliphatic rings. The van der Waals surface area contributed by atoms with Crippen LogP contribution in [0.3, 0.4) is 0 Å². The second-order valence-electron chi connectivity index (χ2n) is 5.57. The standard InChI is InChI=1S/C18H15BrN2O3S2/c1-26(23,24)21-14-9-5-8-13(10-14)20-18(22)16-11-15(17(19)25-16)12-6-3-2-4-7-12/h2-11,21H,1H3,(H,20,22). The number of amides is 1. The smallest absolute Gasteiger partial charge is 0.265 e. The molecule has 0 fully saturated rings. The summed E-state index contributed by atoms with van der Waals surface area (Å²) >= 11 is 4.86. The van der Waals surface area contributed by atoms with Gasteiger partial charge in [0.1, 0.15) is 0 Å². The molecule has 1 amide bonds. The summed E-state index contributed by atoms with van der Waals surface area (Å²) in [6, 6.07) is 18.2. The third kappa shape index (κ3) is 4.72. The lowest BCUT2D eigenvalue weighted by Crippen LogP contribution is -2.12. The molecule has 0 unspecified atom stereocenters. The molecule has 0 atom stereocenters. The molecule has 8 heteroatoms. The Bertz CT molecular complexity index is 1050. The predicted molar refractivity (Wildman–Crippen MR) is 110 cm³/mol. The Labute approximate surface area is 164 Å². The Balaban J connectivity index is 1.80. The van der Waals surface area contributed by atoms with Gasteiger partial charge in [-0.2, -0.15) is 0 Å². The number of anilines is 2. The van der Waals surface area contributed by atoms with E-state index in [0.717, 1.165) is 21.2 Å². The minimum absolute atomic E-state index is 0.255. The summed E-state index contributed by atoms with van der Waals surface area (Å²) in [7, 11) is -3.37. The van der Waals surface area contributed by atoms with Gasteiger partial charge in [0.15, 0.2) is 0 Å². The lowest BCUT2D eigenvalue weighted by atomic mass is 10.1. The number of benzene rings is 2. The van der Waals surface area contributed by atoms with Gasteiger partial charge < -0.3 is 5.32 Å². The Morgan fingerprint density at radius 3 is 2.38 bits per heavy atom. The van der Waals surface area contributed by atoms with Gasteiger partial charge in [-0.25, -0.2) is 8.42 Å². The molecule has 1 aromatic heterocycles. The van der Waals surface area contributed by atoms with Crippen molar-refractivity contribution in [1.29, 1.82) is 0 Å². The van der Waals surface area contributed by atoms with Crippen LogP contribution < -0.4 is 10.0 Å². The Kier molecular flexibility index (Phi) is 5.45. The third-order valence-electron chi connectivity index (χ3n) is 3.42. The van der Waals surface area contributed by atoms with Crippen LogP contribution in [0.4, 0.5) is 11.4 Å². The lowest BCUT2D eigenvalue weighted by Gasteiger charge is -2.07. The zero-order chi connectivity index (χ0) is 18.7. The van der Waals surface area contributed by atoms with Crippen LogP contribution in [0.25, 0.3) is 11.1 Å². The molecule has 3 rings (SSSR count). The first-order valence-corrected chi connectivity index (χ1v) is 11.1. The predicted octanol–water partition coefficient (Wildman–Crippen LogP) is 4.80. The summed E-state index contributed by atoms with van der Waals surface area (Å²) in [4.78, 5) is 13.1. The van der Waals surface area contributed by atoms with E-state index in [1.54, 1.807) is 24.3 Å². The van der Waals surface area contributed by atoms with Crippen LogP contribution in [0.2, 0.25) is 0 Å². The quantitative estimate of drug-likeness (QED) is 0.585. The summed E-state index contributed by atoms with van der Waals surface area (Å²) < 4.78 is 25.9. The fourth-order valence-electron chi connectivity index (χ4n) is 2.36. The van der Waals surface area contributed by atoms with Crippen LogP contribution in [0.15, 0.2) is 64.5 Å². The molecular formula is C18H15BrN2O3S2. The van der Waals surface area contributed by atoms with E-state index < -0.39 is 10.0 Å². The monoisotopic (exact) mass is 450 g/mol. The second-order valence-corrected chi connectivity index (χ2v) is 9.69. The minimum Gasteiger partial charge on any atom is -0.321 e. The molecule has 0 aliphatic heterocycles. The van der Waals surface area contributed by atoms with Gasteiger partial charge in [-0.3, -0.25) is 9.52 Å². The maximum Gasteiger partial charge on any atom is 0.265 e. The average molecular weight is 451 g/mol. The Morgan fingerprint density at radius 1 is 1.00 bits per heavy atom. The molecule has 0 bridgehead atoms. The first kappa shape index (κ1) is 18.6. The molecule has 0 radical (unpaired) electrons. The van der Waals surface area contributed by atoms with E-state index in [0.29, 0.717) is 16.3 Å². The molecule has 5 nitrogen and oxygen atoms in total. The molecule has 1 heterocycles. The number of hydrogen-bond donors (Lipinski definition) is 2. The van der Waals surface area contributed by atoms with Gasteiger partial charge in [-0.15, -0.1) is 11.3 Å². The van der Waals surface area contributed by atoms with Gasteiger partial charge in [0.25, 0.3) is 5.91 Å². The van der Waals surface area contributed by atoms with E-state index in [1.807, 2.05) is 36.4 Å². The summed E-state index contributed by atoms with van der Waals surface area (Å²) in [5.41, 5.74) is 2.87. The SMILES string of the molecule is CS(=O)(=O)Nc1cccc(NC(=O)c2cc(-c3ccccc3)c(Br)s2)c1. The maximum atomic E-state index is 12.5. The lowest BCUT2D eigenvalue weighted by molar-refractivity contribution is 0.103. The van der Waals surface area contributed by atoms with Crippen molar-refractivity contribution in [1.82, 2.24) is 0 Å². The van der Waals surface area contributed by atoms with Crippen molar-refractivity contribution in [3.8, 4) is 11.1 Å². The molecule has 0 saturated heterocycles. The number of sulfonamides is 1. The zero-order valence-corrected chi connectivity index (χ0v) is 16.9. The van der Waals surface area contributed by atoms with Gasteiger partial charge in [-0.1, -0.05) is 36.4 Å². The van der Waals surface area contributed by atoms with E-state index >= 15 is 0 Å². The fourth-order valence-corrected chi connectivity index (χ4v) is 4.58. The normalized spacial score (nSPS) is 11.2. The fraction of sp³-hybridized carbons (Fsp3) is 0.0556. The first-order chi connectivity index (χ1) is 12.3. The summed E-state index contributed by atoms with van der Waals surface area (Å²) in [5.74, 6) is -0.255. The molecule has 0 aliphatic carbocycles. The maximum absolute atomic E-state index is 12.5. The molecular weight excluding hydrogens is 436 g/mol. The van der Waals surface area contributed by atoms with Gasteiger partial charge in [0, 0.05) is 11.3 Å². The largest absolute Gasteiger partial charge is 0.321 e. The van der Waals surface area contributed by atoms with Crippen LogP contribution in [-0.4, -0.2) is 20.6 Å². The van der Waals surface area contributed by atoms with Crippen molar-refractivity contribution in [2.75, 3.05) is 16.3 Å². The van der Waals surface area contributed by atoms with Gasteiger partial charge >= 0.3 is 0 Å². The topological polar surface area (TPSA) is 75.3 Å². The van der Waals surface area contributed by atoms with Gasteiger partial charge in [0.2, 0.25) is 10.0 Å². The van der Waals surface area contributed by atoms with Crippen molar-refractivity contribution in [2.24, 2.45) is 0 Å². The van der Waals surface area contributed by atoms with E-state index in [9.17, 15) is 13.2 Å². The molecule has 0 spiro atoms. The Hall–Kier alpha value is -2.16. The van der Waals surface area contributed by atoms with Crippen LogP contribution in [0.5, 0.6) is 0 Å². The van der Waals surface area contributed by atoms with Crippen LogP contribution in [0, 0.1) is 0 Å². The number of halogens is 1. The van der Waals surface area contributed by atoms with Crippen molar-refractivity contribution in [3.05, 3.63) is 69.3 Å². The summed E-state index contributed by atoms with van der Waals surface area (Å²) in [6.07, 6.45) is 1.08. The summed E-state index contributed by atoms with van der Waals surface area (Å²) in [5, 5.41) is 2.79. The average Bonchev–Trinajstić information content (AvgIpc) is 2.96. The number of nitrogens with one attached hydrogen (secondary N) is 2. The highest BCUT2D eigenvalue weighted by molar-refractivity contribution is 9.11. The number of carbonyl (C=O) groups excluding carboxylic acids is 1. The number of hydrogen-bond acceptors (Lipinski definition) is 4. The summed E-state index contributed by atoms with van der Waals surface area (Å²) in [6.45, 7) is 0. The third-order valence-corrected chi connectivity index (χ3v) is 5.86. The number of rotatable bonds is 5. The van der Waals surface area contributed by atoms with Crippen molar-refractivity contribution in [3.63, 3.8) is 0 Å². The second kappa shape index (κ2) is 7.61. The highest BCUT2D eigenvalue weighted by Crippen LogP contribution is 2.36. The molecule has 134 valence electrons. The Morgan fingerprint density at radius 2 is 1.69 bits per heavy atom. The van der Waals surface area contributed by atoms with E-state index in [1.165, 1.54) is 11.3 Å². The van der Waals surface area contributed by atoms with E-state index in [2.05, 4.69) is 26.0 Å².